The van der Waals surface area contributed by atoms with E-state index in [1.807, 2.05) is 6.07 Å². The summed E-state index contributed by atoms with van der Waals surface area (Å²) in [5, 5.41) is 0.890. The predicted molar refractivity (Wildman–Crippen MR) is 108 cm³/mol. The minimum atomic E-state index is -0.962. The molecule has 0 saturated carbocycles. The van der Waals surface area contributed by atoms with Gasteiger partial charge in [0.2, 0.25) is 0 Å². The normalized spacial score (nSPS) is 14.6. The van der Waals surface area contributed by atoms with E-state index in [2.05, 4.69) is 19.9 Å². The first-order valence-electron chi connectivity index (χ1n) is 9.43. The maximum Gasteiger partial charge on any atom is 0.275 e. The summed E-state index contributed by atoms with van der Waals surface area (Å²) in [6.07, 6.45) is 7.62. The van der Waals surface area contributed by atoms with Crippen molar-refractivity contribution >= 4 is 34.5 Å². The van der Waals surface area contributed by atoms with E-state index in [0.717, 1.165) is 22.8 Å². The number of rotatable bonds is 4. The zero-order valence-electron chi connectivity index (χ0n) is 16.2. The molecule has 1 aliphatic rings. The van der Waals surface area contributed by atoms with Gasteiger partial charge in [0, 0.05) is 49.4 Å². The number of carbonyl (C=O) groups is 2. The standard InChI is InChI=1S/C21H19F2N5O2/c1-13(29)2-3-14-10-25-20-17(14)9-16(12-26-20)27-4-6-28(7-5-27)21(30)19-18(23)8-15(22)11-24-19/h2-3,8-12H,4-7H2,1H3,(H,25,26)/b3-2+. The van der Waals surface area contributed by atoms with Crippen LogP contribution in [-0.2, 0) is 4.79 Å². The molecule has 0 aromatic carbocycles. The minimum Gasteiger partial charge on any atom is -0.367 e. The van der Waals surface area contributed by atoms with Crippen LogP contribution in [0.15, 0.2) is 36.8 Å². The van der Waals surface area contributed by atoms with E-state index in [0.29, 0.717) is 37.9 Å². The van der Waals surface area contributed by atoms with Crippen LogP contribution < -0.4 is 4.90 Å². The Hall–Kier alpha value is -3.62. The van der Waals surface area contributed by atoms with Gasteiger partial charge in [-0.15, -0.1) is 0 Å². The van der Waals surface area contributed by atoms with Gasteiger partial charge in [-0.1, -0.05) is 0 Å². The monoisotopic (exact) mass is 411 g/mol. The average molecular weight is 411 g/mol. The van der Waals surface area contributed by atoms with Crippen LogP contribution in [0.1, 0.15) is 23.0 Å². The number of piperazine rings is 1. The molecule has 1 saturated heterocycles. The summed E-state index contributed by atoms with van der Waals surface area (Å²) in [5.74, 6) is -2.38. The van der Waals surface area contributed by atoms with Gasteiger partial charge in [-0.2, -0.15) is 0 Å². The van der Waals surface area contributed by atoms with Gasteiger partial charge < -0.3 is 14.8 Å². The Kier molecular flexibility index (Phi) is 5.26. The summed E-state index contributed by atoms with van der Waals surface area (Å²) in [4.78, 5) is 38.4. The van der Waals surface area contributed by atoms with E-state index in [4.69, 9.17) is 0 Å². The first-order valence-corrected chi connectivity index (χ1v) is 9.43. The Morgan fingerprint density at radius 3 is 2.57 bits per heavy atom. The van der Waals surface area contributed by atoms with Gasteiger partial charge in [-0.25, -0.2) is 18.7 Å². The number of H-pyrrole nitrogens is 1. The van der Waals surface area contributed by atoms with Crippen molar-refractivity contribution in [2.45, 2.75) is 6.92 Å². The van der Waals surface area contributed by atoms with Gasteiger partial charge in [0.1, 0.15) is 11.5 Å². The smallest absolute Gasteiger partial charge is 0.275 e. The first-order chi connectivity index (χ1) is 14.4. The molecule has 0 spiro atoms. The number of pyridine rings is 2. The second-order valence-corrected chi connectivity index (χ2v) is 7.04. The Bertz CT molecular complexity index is 1150. The fourth-order valence-electron chi connectivity index (χ4n) is 3.42. The number of aromatic amines is 1. The number of anilines is 1. The molecule has 3 aromatic heterocycles. The molecule has 1 amide bonds. The molecule has 0 unspecified atom stereocenters. The Morgan fingerprint density at radius 1 is 1.10 bits per heavy atom. The molecule has 0 aliphatic carbocycles. The molecular weight excluding hydrogens is 392 g/mol. The van der Waals surface area contributed by atoms with Crippen molar-refractivity contribution in [3.63, 3.8) is 0 Å². The number of allylic oxidation sites excluding steroid dienone is 1. The number of ketones is 1. The highest BCUT2D eigenvalue weighted by Gasteiger charge is 2.26. The van der Waals surface area contributed by atoms with Crippen LogP contribution in [0.4, 0.5) is 14.5 Å². The van der Waals surface area contributed by atoms with Crippen molar-refractivity contribution in [2.24, 2.45) is 0 Å². The second-order valence-electron chi connectivity index (χ2n) is 7.04. The van der Waals surface area contributed by atoms with E-state index >= 15 is 0 Å². The lowest BCUT2D eigenvalue weighted by Crippen LogP contribution is -2.49. The summed E-state index contributed by atoms with van der Waals surface area (Å²) in [7, 11) is 0. The summed E-state index contributed by atoms with van der Waals surface area (Å²) in [6, 6.07) is 2.64. The molecule has 1 aliphatic heterocycles. The third kappa shape index (κ3) is 3.91. The van der Waals surface area contributed by atoms with Gasteiger partial charge >= 0.3 is 0 Å². The van der Waals surface area contributed by atoms with Crippen molar-refractivity contribution in [1.29, 1.82) is 0 Å². The molecule has 9 heteroatoms. The maximum atomic E-state index is 13.9. The van der Waals surface area contributed by atoms with Crippen molar-refractivity contribution in [3.8, 4) is 0 Å². The minimum absolute atomic E-state index is 0.0404. The summed E-state index contributed by atoms with van der Waals surface area (Å²) >= 11 is 0. The van der Waals surface area contributed by atoms with Crippen LogP contribution in [0.3, 0.4) is 0 Å². The Labute approximate surface area is 171 Å². The zero-order valence-corrected chi connectivity index (χ0v) is 16.2. The quantitative estimate of drug-likeness (QED) is 0.668. The lowest BCUT2D eigenvalue weighted by atomic mass is 10.1. The first kappa shape index (κ1) is 19.7. The second kappa shape index (κ2) is 8.02. The van der Waals surface area contributed by atoms with Crippen molar-refractivity contribution in [1.82, 2.24) is 19.9 Å². The molecular formula is C21H19F2N5O2. The van der Waals surface area contributed by atoms with E-state index in [-0.39, 0.29) is 11.5 Å². The molecule has 4 heterocycles. The highest BCUT2D eigenvalue weighted by atomic mass is 19.1. The van der Waals surface area contributed by atoms with Gasteiger partial charge in [0.05, 0.1) is 18.1 Å². The van der Waals surface area contributed by atoms with Crippen molar-refractivity contribution in [3.05, 3.63) is 59.7 Å². The average Bonchev–Trinajstić information content (AvgIpc) is 3.14. The number of amides is 1. The molecule has 1 N–H and O–H groups in total. The fourth-order valence-corrected chi connectivity index (χ4v) is 3.42. The molecule has 3 aromatic rings. The Morgan fingerprint density at radius 2 is 1.87 bits per heavy atom. The van der Waals surface area contributed by atoms with Gasteiger partial charge in [-0.05, 0) is 25.1 Å². The Balaban J connectivity index is 1.48. The third-order valence-corrected chi connectivity index (χ3v) is 4.99. The molecule has 7 nitrogen and oxygen atoms in total. The van der Waals surface area contributed by atoms with Gasteiger partial charge in [0.15, 0.2) is 17.3 Å². The van der Waals surface area contributed by atoms with E-state index in [9.17, 15) is 18.4 Å². The van der Waals surface area contributed by atoms with Crippen LogP contribution in [0.2, 0.25) is 0 Å². The van der Waals surface area contributed by atoms with Crippen LogP contribution in [0.5, 0.6) is 0 Å². The number of fused-ring (bicyclic) bond motifs is 1. The number of nitrogens with zero attached hydrogens (tertiary/aromatic N) is 4. The summed E-state index contributed by atoms with van der Waals surface area (Å²) < 4.78 is 26.9. The largest absolute Gasteiger partial charge is 0.367 e. The van der Waals surface area contributed by atoms with E-state index < -0.39 is 17.5 Å². The number of hydrogen-bond donors (Lipinski definition) is 1. The van der Waals surface area contributed by atoms with Crippen LogP contribution in [-0.4, -0.2) is 57.7 Å². The fraction of sp³-hybridized carbons (Fsp3) is 0.238. The van der Waals surface area contributed by atoms with Crippen molar-refractivity contribution < 1.29 is 18.4 Å². The molecule has 154 valence electrons. The van der Waals surface area contributed by atoms with Crippen molar-refractivity contribution in [2.75, 3.05) is 31.1 Å². The highest BCUT2D eigenvalue weighted by Crippen LogP contribution is 2.25. The number of nitrogens with one attached hydrogen (secondary N) is 1. The molecule has 0 radical (unpaired) electrons. The third-order valence-electron chi connectivity index (χ3n) is 4.99. The van der Waals surface area contributed by atoms with Crippen LogP contribution in [0, 0.1) is 11.6 Å². The molecule has 4 rings (SSSR count). The molecule has 0 atom stereocenters. The maximum absolute atomic E-state index is 13.9. The van der Waals surface area contributed by atoms with Crippen LogP contribution in [0.25, 0.3) is 17.1 Å². The predicted octanol–water partition coefficient (Wildman–Crippen LogP) is 2.80. The van der Waals surface area contributed by atoms with Gasteiger partial charge in [0.25, 0.3) is 5.91 Å². The lowest BCUT2D eigenvalue weighted by Gasteiger charge is -2.35. The number of aromatic nitrogens is 3. The zero-order chi connectivity index (χ0) is 21.3. The molecule has 1 fully saturated rings. The van der Waals surface area contributed by atoms with E-state index in [1.165, 1.54) is 17.9 Å². The lowest BCUT2D eigenvalue weighted by molar-refractivity contribution is -0.112. The van der Waals surface area contributed by atoms with Crippen LogP contribution >= 0.6 is 0 Å². The van der Waals surface area contributed by atoms with E-state index in [1.54, 1.807) is 18.5 Å². The number of halogens is 2. The summed E-state index contributed by atoms with van der Waals surface area (Å²) in [5.41, 5.74) is 2.09. The number of carbonyl (C=O) groups excluding carboxylic acids is 2. The molecule has 30 heavy (non-hydrogen) atoms. The molecule has 0 bridgehead atoms. The van der Waals surface area contributed by atoms with Gasteiger partial charge in [-0.3, -0.25) is 9.59 Å². The number of hydrogen-bond acceptors (Lipinski definition) is 5. The highest BCUT2D eigenvalue weighted by molar-refractivity contribution is 5.96. The summed E-state index contributed by atoms with van der Waals surface area (Å²) in [6.45, 7) is 3.30. The SMILES string of the molecule is CC(=O)/C=C/c1c[nH]c2ncc(N3CCN(C(=O)c4ncc(F)cc4F)CC3)cc12. The topological polar surface area (TPSA) is 82.2 Å².